The number of amides is 1. The second-order valence-electron chi connectivity index (χ2n) is 6.50. The molecule has 1 amide bonds. The van der Waals surface area contributed by atoms with Gasteiger partial charge in [-0.1, -0.05) is 28.1 Å². The van der Waals surface area contributed by atoms with Gasteiger partial charge < -0.3 is 15.0 Å². The molecule has 3 aromatic rings. The van der Waals surface area contributed by atoms with Crippen molar-refractivity contribution < 1.29 is 18.7 Å². The SMILES string of the molecule is CCOC(=O)c1[nH]c(C)c(-c2cccc(C(=O)Nc3ccc(Br)cc3F)c2)c1C. The van der Waals surface area contributed by atoms with Crippen molar-refractivity contribution in [3.8, 4) is 11.1 Å². The monoisotopic (exact) mass is 458 g/mol. The fourth-order valence-corrected chi connectivity index (χ4v) is 3.52. The number of anilines is 1. The number of H-pyrrole nitrogens is 1. The summed E-state index contributed by atoms with van der Waals surface area (Å²) >= 11 is 3.19. The van der Waals surface area contributed by atoms with E-state index in [4.69, 9.17) is 4.74 Å². The minimum atomic E-state index is -0.528. The van der Waals surface area contributed by atoms with Gasteiger partial charge in [0.05, 0.1) is 12.3 Å². The summed E-state index contributed by atoms with van der Waals surface area (Å²) in [6.45, 7) is 5.72. The smallest absolute Gasteiger partial charge is 0.355 e. The minimum Gasteiger partial charge on any atom is -0.461 e. The highest BCUT2D eigenvalue weighted by Crippen LogP contribution is 2.31. The first kappa shape index (κ1) is 20.8. The van der Waals surface area contributed by atoms with E-state index < -0.39 is 17.7 Å². The van der Waals surface area contributed by atoms with E-state index in [0.717, 1.165) is 22.4 Å². The molecule has 3 rings (SSSR count). The van der Waals surface area contributed by atoms with E-state index >= 15 is 0 Å². The van der Waals surface area contributed by atoms with Gasteiger partial charge in [0, 0.05) is 21.3 Å². The average molecular weight is 459 g/mol. The molecule has 0 saturated carbocycles. The Balaban J connectivity index is 1.92. The molecule has 2 aromatic carbocycles. The minimum absolute atomic E-state index is 0.0993. The maximum atomic E-state index is 14.0. The number of carbonyl (C=O) groups is 2. The average Bonchev–Trinajstić information content (AvgIpc) is 2.98. The number of hydrogen-bond donors (Lipinski definition) is 2. The first-order valence-corrected chi connectivity index (χ1v) is 9.84. The zero-order valence-electron chi connectivity index (χ0n) is 16.2. The molecule has 1 heterocycles. The number of carbonyl (C=O) groups excluding carboxylic acids is 2. The van der Waals surface area contributed by atoms with Crippen molar-refractivity contribution in [2.45, 2.75) is 20.8 Å². The summed E-state index contributed by atoms with van der Waals surface area (Å²) in [7, 11) is 0. The Labute approximate surface area is 176 Å². The molecule has 0 bridgehead atoms. The molecule has 29 heavy (non-hydrogen) atoms. The Morgan fingerprint density at radius 1 is 1.17 bits per heavy atom. The van der Waals surface area contributed by atoms with Crippen LogP contribution < -0.4 is 5.32 Å². The fourth-order valence-electron chi connectivity index (χ4n) is 3.19. The zero-order valence-corrected chi connectivity index (χ0v) is 17.8. The van der Waals surface area contributed by atoms with E-state index in [2.05, 4.69) is 26.2 Å². The molecule has 5 nitrogen and oxygen atoms in total. The quantitative estimate of drug-likeness (QED) is 0.486. The fraction of sp³-hybridized carbons (Fsp3) is 0.182. The number of aromatic amines is 1. The molecule has 0 fully saturated rings. The van der Waals surface area contributed by atoms with Crippen LogP contribution in [0.1, 0.15) is 39.0 Å². The standard InChI is InChI=1S/C22H20BrFN2O3/c1-4-29-22(28)20-12(2)19(13(3)25-20)14-6-5-7-15(10-14)21(27)26-18-9-8-16(23)11-17(18)24/h5-11,25H,4H2,1-3H3,(H,26,27). The number of halogens is 2. The third kappa shape index (κ3) is 4.40. The van der Waals surface area contributed by atoms with Crippen LogP contribution in [0.5, 0.6) is 0 Å². The maximum Gasteiger partial charge on any atom is 0.355 e. The Hall–Kier alpha value is -2.93. The highest BCUT2D eigenvalue weighted by molar-refractivity contribution is 9.10. The molecular formula is C22H20BrFN2O3. The van der Waals surface area contributed by atoms with Gasteiger partial charge in [-0.25, -0.2) is 9.18 Å². The molecular weight excluding hydrogens is 439 g/mol. The lowest BCUT2D eigenvalue weighted by Crippen LogP contribution is -2.13. The maximum absolute atomic E-state index is 14.0. The number of benzene rings is 2. The molecule has 1 aromatic heterocycles. The van der Waals surface area contributed by atoms with Gasteiger partial charge in [0.1, 0.15) is 11.5 Å². The van der Waals surface area contributed by atoms with E-state index in [0.29, 0.717) is 15.7 Å². The Bertz CT molecular complexity index is 1090. The van der Waals surface area contributed by atoms with Crippen molar-refractivity contribution >= 4 is 33.5 Å². The molecule has 0 unspecified atom stereocenters. The van der Waals surface area contributed by atoms with Crippen molar-refractivity contribution in [3.63, 3.8) is 0 Å². The van der Waals surface area contributed by atoms with Crippen LogP contribution in [0.3, 0.4) is 0 Å². The van der Waals surface area contributed by atoms with Gasteiger partial charge in [0.15, 0.2) is 0 Å². The Kier molecular flexibility index (Phi) is 6.17. The summed E-state index contributed by atoms with van der Waals surface area (Å²) < 4.78 is 19.7. The van der Waals surface area contributed by atoms with Gasteiger partial charge in [-0.3, -0.25) is 4.79 Å². The largest absolute Gasteiger partial charge is 0.461 e. The van der Waals surface area contributed by atoms with E-state index in [9.17, 15) is 14.0 Å². The van der Waals surface area contributed by atoms with Crippen LogP contribution in [-0.2, 0) is 4.74 Å². The van der Waals surface area contributed by atoms with Crippen LogP contribution in [0.4, 0.5) is 10.1 Å². The van der Waals surface area contributed by atoms with Gasteiger partial charge in [-0.05, 0) is 62.2 Å². The third-order valence-electron chi connectivity index (χ3n) is 4.51. The molecule has 0 aliphatic heterocycles. The number of aryl methyl sites for hydroxylation is 1. The second-order valence-corrected chi connectivity index (χ2v) is 7.42. The zero-order chi connectivity index (χ0) is 21.1. The predicted molar refractivity (Wildman–Crippen MR) is 114 cm³/mol. The van der Waals surface area contributed by atoms with Crippen LogP contribution in [0, 0.1) is 19.7 Å². The number of ether oxygens (including phenoxy) is 1. The van der Waals surface area contributed by atoms with Gasteiger partial charge in [0.2, 0.25) is 0 Å². The van der Waals surface area contributed by atoms with Crippen LogP contribution in [0.2, 0.25) is 0 Å². The van der Waals surface area contributed by atoms with Crippen LogP contribution in [-0.4, -0.2) is 23.5 Å². The van der Waals surface area contributed by atoms with Crippen molar-refractivity contribution in [1.29, 1.82) is 0 Å². The van der Waals surface area contributed by atoms with E-state index in [1.54, 1.807) is 31.2 Å². The van der Waals surface area contributed by atoms with E-state index in [-0.39, 0.29) is 12.3 Å². The first-order chi connectivity index (χ1) is 13.8. The molecule has 2 N–H and O–H groups in total. The van der Waals surface area contributed by atoms with Crippen LogP contribution in [0.15, 0.2) is 46.9 Å². The number of aromatic nitrogens is 1. The van der Waals surface area contributed by atoms with E-state index in [1.165, 1.54) is 12.1 Å². The molecule has 0 aliphatic carbocycles. The summed E-state index contributed by atoms with van der Waals surface area (Å²) in [5.74, 6) is -1.37. The van der Waals surface area contributed by atoms with Gasteiger partial charge >= 0.3 is 5.97 Å². The highest BCUT2D eigenvalue weighted by Gasteiger charge is 2.20. The molecule has 0 saturated heterocycles. The normalized spacial score (nSPS) is 10.7. The van der Waals surface area contributed by atoms with E-state index in [1.807, 2.05) is 19.9 Å². The Morgan fingerprint density at radius 3 is 2.62 bits per heavy atom. The molecule has 0 radical (unpaired) electrons. The number of esters is 1. The van der Waals surface area contributed by atoms with Crippen molar-refractivity contribution in [3.05, 3.63) is 75.3 Å². The molecule has 0 aliphatic rings. The lowest BCUT2D eigenvalue weighted by atomic mass is 9.99. The van der Waals surface area contributed by atoms with Crippen molar-refractivity contribution in [2.24, 2.45) is 0 Å². The van der Waals surface area contributed by atoms with Crippen LogP contribution in [0.25, 0.3) is 11.1 Å². The topological polar surface area (TPSA) is 71.2 Å². The van der Waals surface area contributed by atoms with Gasteiger partial charge in [0.25, 0.3) is 5.91 Å². The molecule has 150 valence electrons. The second kappa shape index (κ2) is 8.61. The summed E-state index contributed by atoms with van der Waals surface area (Å²) in [6, 6.07) is 11.4. The third-order valence-corrected chi connectivity index (χ3v) is 5.00. The van der Waals surface area contributed by atoms with Crippen LogP contribution >= 0.6 is 15.9 Å². The Morgan fingerprint density at radius 2 is 1.93 bits per heavy atom. The molecule has 0 atom stereocenters. The summed E-state index contributed by atoms with van der Waals surface area (Å²) in [5.41, 5.74) is 4.02. The lowest BCUT2D eigenvalue weighted by molar-refractivity contribution is 0.0519. The van der Waals surface area contributed by atoms with Gasteiger partial charge in [-0.15, -0.1) is 0 Å². The molecule has 7 heteroatoms. The predicted octanol–water partition coefficient (Wildman–Crippen LogP) is 5.63. The number of hydrogen-bond acceptors (Lipinski definition) is 3. The summed E-state index contributed by atoms with van der Waals surface area (Å²) in [6.07, 6.45) is 0. The highest BCUT2D eigenvalue weighted by atomic mass is 79.9. The summed E-state index contributed by atoms with van der Waals surface area (Å²) in [5, 5.41) is 2.59. The summed E-state index contributed by atoms with van der Waals surface area (Å²) in [4.78, 5) is 27.8. The van der Waals surface area contributed by atoms with Crippen molar-refractivity contribution in [2.75, 3.05) is 11.9 Å². The van der Waals surface area contributed by atoms with Crippen molar-refractivity contribution in [1.82, 2.24) is 4.98 Å². The molecule has 0 spiro atoms. The number of rotatable bonds is 5. The first-order valence-electron chi connectivity index (χ1n) is 9.05. The lowest BCUT2D eigenvalue weighted by Gasteiger charge is -2.09. The number of nitrogens with one attached hydrogen (secondary N) is 2. The van der Waals surface area contributed by atoms with Gasteiger partial charge in [-0.2, -0.15) is 0 Å².